The molecule has 3 nitrogen and oxygen atoms in total. The van der Waals surface area contributed by atoms with Gasteiger partial charge in [0.25, 0.3) is 0 Å². The van der Waals surface area contributed by atoms with E-state index in [4.69, 9.17) is 17.3 Å². The predicted octanol–water partition coefficient (Wildman–Crippen LogP) is 2.32. The molecule has 1 rings (SSSR count). The number of benzene rings is 1. The molecule has 2 amide bonds. The van der Waals surface area contributed by atoms with Gasteiger partial charge in [0.1, 0.15) is 0 Å². The summed E-state index contributed by atoms with van der Waals surface area (Å²) in [6.45, 7) is 1.88. The highest BCUT2D eigenvalue weighted by atomic mass is 35.5. The van der Waals surface area contributed by atoms with Gasteiger partial charge in [-0.25, -0.2) is 4.79 Å². The van der Waals surface area contributed by atoms with Gasteiger partial charge < -0.3 is 5.73 Å². The van der Waals surface area contributed by atoms with Gasteiger partial charge in [-0.2, -0.15) is 0 Å². The second-order valence-electron chi connectivity index (χ2n) is 2.43. The molecule has 1 aromatic rings. The number of amides is 2. The quantitative estimate of drug-likeness (QED) is 0.746. The van der Waals surface area contributed by atoms with E-state index in [1.807, 2.05) is 19.1 Å². The fourth-order valence-corrected chi connectivity index (χ4v) is 1.65. The van der Waals surface area contributed by atoms with Gasteiger partial charge >= 0.3 is 6.03 Å². The number of halogens is 1. The first-order chi connectivity index (χ1) is 6.11. The lowest BCUT2D eigenvalue weighted by Crippen LogP contribution is -2.22. The summed E-state index contributed by atoms with van der Waals surface area (Å²) in [5, 5.41) is 0.677. The lowest BCUT2D eigenvalue weighted by Gasteiger charge is -2.05. The Morgan fingerprint density at radius 1 is 1.62 bits per heavy atom. The molecular formula is C8H9ClN2OS. The summed E-state index contributed by atoms with van der Waals surface area (Å²) >= 11 is 7.03. The van der Waals surface area contributed by atoms with Crippen LogP contribution in [-0.4, -0.2) is 6.03 Å². The highest BCUT2D eigenvalue weighted by Crippen LogP contribution is 2.25. The monoisotopic (exact) mass is 216 g/mol. The lowest BCUT2D eigenvalue weighted by molar-refractivity contribution is 0.254. The van der Waals surface area contributed by atoms with E-state index in [2.05, 4.69) is 4.72 Å². The average molecular weight is 217 g/mol. The van der Waals surface area contributed by atoms with E-state index in [0.29, 0.717) is 5.02 Å². The Balaban J connectivity index is 2.77. The van der Waals surface area contributed by atoms with Gasteiger partial charge in [0.2, 0.25) is 0 Å². The van der Waals surface area contributed by atoms with E-state index in [9.17, 15) is 4.79 Å². The van der Waals surface area contributed by atoms with Crippen molar-refractivity contribution in [3.63, 3.8) is 0 Å². The second kappa shape index (κ2) is 4.39. The molecule has 1 aromatic carbocycles. The number of nitrogens with two attached hydrogens (primary N) is 1. The van der Waals surface area contributed by atoms with Crippen LogP contribution in [0.4, 0.5) is 4.79 Å². The van der Waals surface area contributed by atoms with Crippen molar-refractivity contribution in [3.05, 3.63) is 28.8 Å². The van der Waals surface area contributed by atoms with Crippen LogP contribution in [0.5, 0.6) is 0 Å². The summed E-state index contributed by atoms with van der Waals surface area (Å²) in [5.41, 5.74) is 5.86. The van der Waals surface area contributed by atoms with Crippen LogP contribution in [0.3, 0.4) is 0 Å². The summed E-state index contributed by atoms with van der Waals surface area (Å²) in [4.78, 5) is 11.3. The SMILES string of the molecule is Cc1c(Cl)cccc1SNC(N)=O. The molecule has 0 aromatic heterocycles. The van der Waals surface area contributed by atoms with E-state index in [0.717, 1.165) is 22.4 Å². The zero-order chi connectivity index (χ0) is 9.84. The Morgan fingerprint density at radius 3 is 2.92 bits per heavy atom. The maximum atomic E-state index is 10.4. The van der Waals surface area contributed by atoms with Crippen LogP contribution < -0.4 is 10.5 Å². The number of carbonyl (C=O) groups is 1. The Bertz CT molecular complexity index is 330. The molecule has 0 atom stereocenters. The zero-order valence-corrected chi connectivity index (χ0v) is 8.58. The summed E-state index contributed by atoms with van der Waals surface area (Å²) in [6, 6.07) is 4.91. The first-order valence-electron chi connectivity index (χ1n) is 3.58. The predicted molar refractivity (Wildman–Crippen MR) is 54.8 cm³/mol. The summed E-state index contributed by atoms with van der Waals surface area (Å²) < 4.78 is 2.43. The smallest absolute Gasteiger partial charge is 0.322 e. The molecule has 0 fully saturated rings. The fraction of sp³-hybridized carbons (Fsp3) is 0.125. The normalized spacial score (nSPS) is 9.69. The van der Waals surface area contributed by atoms with Crippen molar-refractivity contribution in [2.24, 2.45) is 5.73 Å². The van der Waals surface area contributed by atoms with E-state index in [1.165, 1.54) is 0 Å². The maximum absolute atomic E-state index is 10.4. The lowest BCUT2D eigenvalue weighted by atomic mass is 10.2. The molecule has 0 spiro atoms. The van der Waals surface area contributed by atoms with Crippen LogP contribution in [0.15, 0.2) is 23.1 Å². The van der Waals surface area contributed by atoms with Crippen molar-refractivity contribution in [3.8, 4) is 0 Å². The standard InChI is InChI=1S/C8H9ClN2OS/c1-5-6(9)3-2-4-7(5)13-11-8(10)12/h2-4H,1H3,(H3,10,11,12). The molecule has 0 radical (unpaired) electrons. The molecule has 3 N–H and O–H groups in total. The molecule has 5 heteroatoms. The van der Waals surface area contributed by atoms with Crippen LogP contribution >= 0.6 is 23.5 Å². The minimum absolute atomic E-state index is 0.565. The molecular weight excluding hydrogens is 208 g/mol. The molecule has 0 heterocycles. The molecule has 0 aliphatic rings. The minimum Gasteiger partial charge on any atom is -0.351 e. The van der Waals surface area contributed by atoms with E-state index in [1.54, 1.807) is 6.07 Å². The Hall–Kier alpha value is -0.870. The Labute approximate surface area is 85.8 Å². The number of hydrogen-bond donors (Lipinski definition) is 2. The first kappa shape index (κ1) is 10.2. The number of primary amides is 1. The topological polar surface area (TPSA) is 55.1 Å². The van der Waals surface area contributed by atoms with Gasteiger partial charge in [0.05, 0.1) is 0 Å². The van der Waals surface area contributed by atoms with Crippen LogP contribution in [0, 0.1) is 6.92 Å². The van der Waals surface area contributed by atoms with Crippen molar-refractivity contribution >= 4 is 29.6 Å². The third-order valence-electron chi connectivity index (χ3n) is 1.48. The number of rotatable bonds is 2. The van der Waals surface area contributed by atoms with Crippen LogP contribution in [-0.2, 0) is 0 Å². The van der Waals surface area contributed by atoms with E-state index >= 15 is 0 Å². The Morgan fingerprint density at radius 2 is 2.31 bits per heavy atom. The van der Waals surface area contributed by atoms with Crippen LogP contribution in [0.2, 0.25) is 5.02 Å². The van der Waals surface area contributed by atoms with E-state index in [-0.39, 0.29) is 0 Å². The largest absolute Gasteiger partial charge is 0.351 e. The van der Waals surface area contributed by atoms with E-state index < -0.39 is 6.03 Å². The zero-order valence-electron chi connectivity index (χ0n) is 7.00. The van der Waals surface area contributed by atoms with Crippen molar-refractivity contribution in [1.82, 2.24) is 4.72 Å². The van der Waals surface area contributed by atoms with Crippen molar-refractivity contribution in [1.29, 1.82) is 0 Å². The molecule has 0 saturated carbocycles. The number of nitrogens with one attached hydrogen (secondary N) is 1. The number of carbonyl (C=O) groups excluding carboxylic acids is 1. The number of urea groups is 1. The Kier molecular flexibility index (Phi) is 3.45. The van der Waals surface area contributed by atoms with Crippen molar-refractivity contribution in [2.75, 3.05) is 0 Å². The third-order valence-corrected chi connectivity index (χ3v) is 2.85. The first-order valence-corrected chi connectivity index (χ1v) is 4.78. The van der Waals surface area contributed by atoms with Crippen LogP contribution in [0.1, 0.15) is 5.56 Å². The summed E-state index contributed by atoms with van der Waals surface area (Å²) in [7, 11) is 0. The molecule has 0 aliphatic heterocycles. The molecule has 70 valence electrons. The summed E-state index contributed by atoms with van der Waals surface area (Å²) in [5.74, 6) is 0. The van der Waals surface area contributed by atoms with Gasteiger partial charge in [0, 0.05) is 9.92 Å². The van der Waals surface area contributed by atoms with Crippen molar-refractivity contribution in [2.45, 2.75) is 11.8 Å². The highest BCUT2D eigenvalue weighted by molar-refractivity contribution is 7.98. The number of hydrogen-bond acceptors (Lipinski definition) is 2. The minimum atomic E-state index is -0.565. The molecule has 0 aliphatic carbocycles. The maximum Gasteiger partial charge on any atom is 0.322 e. The van der Waals surface area contributed by atoms with Crippen LogP contribution in [0.25, 0.3) is 0 Å². The second-order valence-corrected chi connectivity index (χ2v) is 3.69. The highest BCUT2D eigenvalue weighted by Gasteiger charge is 2.02. The third kappa shape index (κ3) is 2.82. The van der Waals surface area contributed by atoms with Gasteiger partial charge in [-0.15, -0.1) is 0 Å². The molecule has 0 saturated heterocycles. The summed E-state index contributed by atoms with van der Waals surface area (Å²) in [6.07, 6.45) is 0. The molecule has 0 bridgehead atoms. The fourth-order valence-electron chi connectivity index (χ4n) is 0.804. The van der Waals surface area contributed by atoms with Crippen molar-refractivity contribution < 1.29 is 4.79 Å². The average Bonchev–Trinajstić information content (AvgIpc) is 2.07. The van der Waals surface area contributed by atoms with Gasteiger partial charge in [-0.05, 0) is 36.6 Å². The molecule has 0 unspecified atom stereocenters. The van der Waals surface area contributed by atoms with Gasteiger partial charge in [-0.1, -0.05) is 17.7 Å². The molecule has 13 heavy (non-hydrogen) atoms. The van der Waals surface area contributed by atoms with Gasteiger partial charge in [-0.3, -0.25) is 4.72 Å². The van der Waals surface area contributed by atoms with Gasteiger partial charge in [0.15, 0.2) is 0 Å².